The molecule has 0 saturated carbocycles. The van der Waals surface area contributed by atoms with Crippen molar-refractivity contribution in [2.45, 2.75) is 58.7 Å². The largest absolute Gasteiger partial charge is 0.465 e. The molecule has 0 radical (unpaired) electrons. The maximum Gasteiger partial charge on any atom is 0.333 e. The predicted octanol–water partition coefficient (Wildman–Crippen LogP) is 3.02. The summed E-state index contributed by atoms with van der Waals surface area (Å²) < 4.78 is 14.8. The third-order valence-electron chi connectivity index (χ3n) is 2.84. The van der Waals surface area contributed by atoms with Crippen LogP contribution in [-0.2, 0) is 28.6 Å². The summed E-state index contributed by atoms with van der Waals surface area (Å²) in [5.74, 6) is 1.44. The summed E-state index contributed by atoms with van der Waals surface area (Å²) in [5.41, 5.74) is 3.58. The number of hydrogen-bond donors (Lipinski definition) is 0. The van der Waals surface area contributed by atoms with Gasteiger partial charge in [0.1, 0.15) is 14.5 Å². The molecule has 0 unspecified atom stereocenters. The molecule has 0 aliphatic rings. The number of esters is 3. The Morgan fingerprint density at radius 3 is 1.88 bits per heavy atom. The Morgan fingerprint density at radius 2 is 1.38 bits per heavy atom. The highest BCUT2D eigenvalue weighted by Gasteiger charge is 2.12. The minimum Gasteiger partial charge on any atom is -0.465 e. The molecule has 0 amide bonds. The fourth-order valence-electron chi connectivity index (χ4n) is 1.57. The summed E-state index contributed by atoms with van der Waals surface area (Å²) >= 11 is 0. The fourth-order valence-corrected chi connectivity index (χ4v) is 2.23. The Labute approximate surface area is 157 Å². The first-order chi connectivity index (χ1) is 12.1. The second-order valence-corrected chi connectivity index (χ2v) is 11.6. The third kappa shape index (κ3) is 15.5. The van der Waals surface area contributed by atoms with E-state index < -0.39 is 32.4 Å². The predicted molar refractivity (Wildman–Crippen MR) is 102 cm³/mol. The minimum atomic E-state index is -1.35. The van der Waals surface area contributed by atoms with Gasteiger partial charge in [-0.15, -0.1) is 11.5 Å². The molecule has 0 bridgehead atoms. The van der Waals surface area contributed by atoms with Crippen LogP contribution in [0.15, 0.2) is 12.2 Å². The number of hydrogen-bond acceptors (Lipinski definition) is 6. The normalized spacial score (nSPS) is 10.3. The first-order valence-corrected chi connectivity index (χ1v) is 12.3. The van der Waals surface area contributed by atoms with E-state index in [1.54, 1.807) is 6.92 Å². The van der Waals surface area contributed by atoms with Crippen LogP contribution in [0.5, 0.6) is 0 Å². The smallest absolute Gasteiger partial charge is 0.333 e. The van der Waals surface area contributed by atoms with Gasteiger partial charge in [-0.25, -0.2) is 4.79 Å². The van der Waals surface area contributed by atoms with Crippen molar-refractivity contribution in [2.75, 3.05) is 19.8 Å². The Hall–Kier alpha value is -2.07. The van der Waals surface area contributed by atoms with Crippen molar-refractivity contribution in [3.63, 3.8) is 0 Å². The van der Waals surface area contributed by atoms with Gasteiger partial charge in [0.15, 0.2) is 0 Å². The van der Waals surface area contributed by atoms with Crippen molar-refractivity contribution >= 4 is 26.0 Å². The molecule has 7 heteroatoms. The van der Waals surface area contributed by atoms with Gasteiger partial charge in [-0.1, -0.05) is 26.2 Å². The van der Waals surface area contributed by atoms with Crippen LogP contribution in [0.2, 0.25) is 19.6 Å². The molecule has 26 heavy (non-hydrogen) atoms. The van der Waals surface area contributed by atoms with Crippen LogP contribution in [0, 0.1) is 11.5 Å². The van der Waals surface area contributed by atoms with E-state index in [9.17, 15) is 14.4 Å². The summed E-state index contributed by atoms with van der Waals surface area (Å²) in [6, 6.07) is 0. The van der Waals surface area contributed by atoms with E-state index in [4.69, 9.17) is 14.2 Å². The average molecular weight is 383 g/mol. The maximum atomic E-state index is 11.5. The van der Waals surface area contributed by atoms with E-state index in [1.807, 2.05) is 0 Å². The number of unbranched alkanes of at least 4 members (excludes halogenated alkanes) is 2. The molecular formula is C19H30O6Si. The zero-order valence-corrected chi connectivity index (χ0v) is 17.3. The summed E-state index contributed by atoms with van der Waals surface area (Å²) in [6.45, 7) is 12.2. The number of rotatable bonds is 11. The fraction of sp³-hybridized carbons (Fsp3) is 0.632. The molecule has 0 aromatic carbocycles. The molecule has 0 N–H and O–H groups in total. The van der Waals surface area contributed by atoms with Gasteiger partial charge in [0.05, 0.1) is 19.8 Å². The second-order valence-electron chi connectivity index (χ2n) is 6.90. The minimum absolute atomic E-state index is 0.170. The Balaban J connectivity index is 3.64. The van der Waals surface area contributed by atoms with Crippen LogP contribution in [-0.4, -0.2) is 45.8 Å². The van der Waals surface area contributed by atoms with Crippen LogP contribution < -0.4 is 0 Å². The van der Waals surface area contributed by atoms with Crippen LogP contribution in [0.25, 0.3) is 0 Å². The lowest BCUT2D eigenvalue weighted by Crippen LogP contribution is -2.16. The van der Waals surface area contributed by atoms with Gasteiger partial charge < -0.3 is 14.2 Å². The Kier molecular flexibility index (Phi) is 12.1. The van der Waals surface area contributed by atoms with E-state index in [-0.39, 0.29) is 19.8 Å². The van der Waals surface area contributed by atoms with Crippen LogP contribution in [0.1, 0.15) is 39.0 Å². The van der Waals surface area contributed by atoms with E-state index in [0.717, 1.165) is 0 Å². The van der Waals surface area contributed by atoms with E-state index >= 15 is 0 Å². The Morgan fingerprint density at radius 1 is 0.885 bits per heavy atom. The lowest BCUT2D eigenvalue weighted by molar-refractivity contribution is -0.155. The molecule has 0 aromatic rings. The van der Waals surface area contributed by atoms with Gasteiger partial charge in [0.25, 0.3) is 0 Å². The molecule has 146 valence electrons. The molecule has 0 aliphatic carbocycles. The van der Waals surface area contributed by atoms with Gasteiger partial charge in [0.2, 0.25) is 0 Å². The van der Waals surface area contributed by atoms with E-state index in [0.29, 0.717) is 31.3 Å². The summed E-state index contributed by atoms with van der Waals surface area (Å²) in [5, 5.41) is 0. The first kappa shape index (κ1) is 23.9. The van der Waals surface area contributed by atoms with Crippen molar-refractivity contribution in [1.82, 2.24) is 0 Å². The molecule has 0 atom stereocenters. The molecule has 0 spiro atoms. The van der Waals surface area contributed by atoms with Crippen molar-refractivity contribution in [1.29, 1.82) is 0 Å². The van der Waals surface area contributed by atoms with Gasteiger partial charge in [-0.05, 0) is 26.2 Å². The zero-order chi connectivity index (χ0) is 20.0. The molecule has 0 rings (SSSR count). The SMILES string of the molecule is C=C(C)C(=O)OCCCCOC(=O)CC(=O)OCCCC#C[Si](C)(C)C. The molecule has 0 saturated heterocycles. The van der Waals surface area contributed by atoms with Crippen molar-refractivity contribution in [3.05, 3.63) is 12.2 Å². The highest BCUT2D eigenvalue weighted by atomic mass is 28.3. The molecule has 6 nitrogen and oxygen atoms in total. The Bertz CT molecular complexity index is 551. The standard InChI is InChI=1S/C19H30O6Si/c1-16(2)19(22)25-13-9-8-12-24-18(21)15-17(20)23-11-7-6-10-14-26(3,4)5/h1,6-9,11-13,15H2,2-5H3. The van der Waals surface area contributed by atoms with Crippen molar-refractivity contribution in [3.8, 4) is 11.5 Å². The van der Waals surface area contributed by atoms with Crippen molar-refractivity contribution < 1.29 is 28.6 Å². The quantitative estimate of drug-likeness (QED) is 0.104. The highest BCUT2D eigenvalue weighted by molar-refractivity contribution is 6.83. The maximum absolute atomic E-state index is 11.5. The molecule has 0 aromatic heterocycles. The molecule has 0 fully saturated rings. The van der Waals surface area contributed by atoms with Gasteiger partial charge in [0, 0.05) is 12.0 Å². The average Bonchev–Trinajstić information content (AvgIpc) is 2.52. The van der Waals surface area contributed by atoms with Crippen molar-refractivity contribution in [2.24, 2.45) is 0 Å². The third-order valence-corrected chi connectivity index (χ3v) is 3.77. The van der Waals surface area contributed by atoms with Gasteiger partial charge in [-0.3, -0.25) is 9.59 Å². The van der Waals surface area contributed by atoms with Crippen LogP contribution in [0.3, 0.4) is 0 Å². The number of carbonyl (C=O) groups is 3. The highest BCUT2D eigenvalue weighted by Crippen LogP contribution is 2.00. The lowest BCUT2D eigenvalue weighted by atomic mass is 10.3. The van der Waals surface area contributed by atoms with E-state index in [1.165, 1.54) is 0 Å². The molecule has 0 aliphatic heterocycles. The summed E-state index contributed by atoms with van der Waals surface area (Å²) in [4.78, 5) is 34.1. The van der Waals surface area contributed by atoms with Crippen LogP contribution in [0.4, 0.5) is 0 Å². The zero-order valence-electron chi connectivity index (χ0n) is 16.3. The molecule has 0 heterocycles. The summed E-state index contributed by atoms with van der Waals surface area (Å²) in [7, 11) is -1.35. The monoisotopic (exact) mass is 382 g/mol. The van der Waals surface area contributed by atoms with Gasteiger partial charge >= 0.3 is 17.9 Å². The van der Waals surface area contributed by atoms with Gasteiger partial charge in [-0.2, -0.15) is 0 Å². The first-order valence-electron chi connectivity index (χ1n) is 8.75. The van der Waals surface area contributed by atoms with E-state index in [2.05, 4.69) is 37.7 Å². The lowest BCUT2D eigenvalue weighted by Gasteiger charge is -2.06. The van der Waals surface area contributed by atoms with Crippen LogP contribution >= 0.6 is 0 Å². The summed E-state index contributed by atoms with van der Waals surface area (Å²) in [6.07, 6.45) is 2.04. The number of ether oxygens (including phenoxy) is 3. The molecular weight excluding hydrogens is 352 g/mol. The topological polar surface area (TPSA) is 78.9 Å². The second kappa shape index (κ2) is 13.2. The number of carbonyl (C=O) groups excluding carboxylic acids is 3.